The number of aliphatic hydroxyl groups is 2. The molecule has 0 unspecified atom stereocenters. The Morgan fingerprint density at radius 2 is 0.636 bits per heavy atom. The highest BCUT2D eigenvalue weighted by atomic mass is 35.5. The van der Waals surface area contributed by atoms with Crippen molar-refractivity contribution < 1.29 is 10.2 Å². The van der Waals surface area contributed by atoms with E-state index in [2.05, 4.69) is 0 Å². The Hall–Kier alpha value is 0.210. The maximum Gasteiger partial charge on any atom is 0.0563 e. The van der Waals surface area contributed by atoms with Gasteiger partial charge in [-0.15, -0.1) is 12.4 Å². The predicted molar refractivity (Wildman–Crippen MR) is 51.2 cm³/mol. The summed E-state index contributed by atoms with van der Waals surface area (Å²) < 4.78 is 0. The van der Waals surface area contributed by atoms with E-state index in [-0.39, 0.29) is 12.4 Å². The first-order chi connectivity index (χ1) is 4.00. The van der Waals surface area contributed by atoms with Crippen molar-refractivity contribution in [3.8, 4) is 0 Å². The highest BCUT2D eigenvalue weighted by Gasteiger charge is 1.98. The largest absolute Gasteiger partial charge is 0.391 e. The molecular formula is C8H21ClO2. The topological polar surface area (TPSA) is 40.5 Å². The van der Waals surface area contributed by atoms with Crippen LogP contribution in [0.2, 0.25) is 0 Å². The van der Waals surface area contributed by atoms with E-state index in [1.165, 1.54) is 0 Å². The molecule has 0 fully saturated rings. The van der Waals surface area contributed by atoms with Crippen molar-refractivity contribution >= 4 is 12.4 Å². The highest BCUT2D eigenvalue weighted by molar-refractivity contribution is 5.85. The fourth-order valence-corrected chi connectivity index (χ4v) is 0. The molecule has 0 aliphatic carbocycles. The van der Waals surface area contributed by atoms with Crippen LogP contribution in [0, 0.1) is 0 Å². The Bertz CT molecular complexity index is 55.1. The monoisotopic (exact) mass is 184 g/mol. The molecule has 0 heterocycles. The SMILES string of the molecule is CC(C)(C)O.CC(C)(C)O.Cl. The zero-order valence-electron chi connectivity index (χ0n) is 8.30. The Morgan fingerprint density at radius 1 is 0.636 bits per heavy atom. The molecule has 72 valence electrons. The summed E-state index contributed by atoms with van der Waals surface area (Å²) in [6, 6.07) is 0. The highest BCUT2D eigenvalue weighted by Crippen LogP contribution is 1.93. The zero-order valence-corrected chi connectivity index (χ0v) is 9.12. The number of halogens is 1. The van der Waals surface area contributed by atoms with Crippen molar-refractivity contribution in [2.75, 3.05) is 0 Å². The molecule has 2 N–H and O–H groups in total. The van der Waals surface area contributed by atoms with Crippen LogP contribution in [-0.2, 0) is 0 Å². The van der Waals surface area contributed by atoms with Crippen molar-refractivity contribution in [2.24, 2.45) is 0 Å². The minimum Gasteiger partial charge on any atom is -0.391 e. The van der Waals surface area contributed by atoms with Crippen LogP contribution in [0.25, 0.3) is 0 Å². The van der Waals surface area contributed by atoms with Crippen molar-refractivity contribution in [1.82, 2.24) is 0 Å². The molecule has 0 saturated heterocycles. The summed E-state index contributed by atoms with van der Waals surface area (Å²) in [5.41, 5.74) is -1.00. The van der Waals surface area contributed by atoms with Crippen LogP contribution < -0.4 is 0 Å². The van der Waals surface area contributed by atoms with Crippen molar-refractivity contribution in [1.29, 1.82) is 0 Å². The van der Waals surface area contributed by atoms with Crippen LogP contribution in [0.3, 0.4) is 0 Å². The lowest BCUT2D eigenvalue weighted by Crippen LogP contribution is -2.10. The van der Waals surface area contributed by atoms with E-state index >= 15 is 0 Å². The molecule has 0 aliphatic rings. The predicted octanol–water partition coefficient (Wildman–Crippen LogP) is 1.98. The molecule has 0 spiro atoms. The molecule has 0 aromatic carbocycles. The van der Waals surface area contributed by atoms with Crippen LogP contribution in [0.4, 0.5) is 0 Å². The maximum absolute atomic E-state index is 8.52. The fourth-order valence-electron chi connectivity index (χ4n) is 0. The second-order valence-corrected chi connectivity index (χ2v) is 4.34. The molecule has 0 amide bonds. The summed E-state index contributed by atoms with van der Waals surface area (Å²) in [6.07, 6.45) is 0. The summed E-state index contributed by atoms with van der Waals surface area (Å²) in [7, 11) is 0. The lowest BCUT2D eigenvalue weighted by atomic mass is 10.2. The lowest BCUT2D eigenvalue weighted by Gasteiger charge is -2.04. The van der Waals surface area contributed by atoms with E-state index in [1.807, 2.05) is 0 Å². The Kier molecular flexibility index (Phi) is 9.16. The summed E-state index contributed by atoms with van der Waals surface area (Å²) in [5, 5.41) is 17.0. The molecule has 0 saturated carbocycles. The van der Waals surface area contributed by atoms with Gasteiger partial charge in [-0.05, 0) is 41.5 Å². The first-order valence-corrected chi connectivity index (χ1v) is 3.45. The second kappa shape index (κ2) is 5.81. The van der Waals surface area contributed by atoms with Gasteiger partial charge in [-0.25, -0.2) is 0 Å². The standard InChI is InChI=1S/2C4H10O.ClH/c2*1-4(2,3)5;/h2*5H,1-3H3;1H. The van der Waals surface area contributed by atoms with Crippen LogP contribution in [0.15, 0.2) is 0 Å². The molecule has 2 nitrogen and oxygen atoms in total. The second-order valence-electron chi connectivity index (χ2n) is 4.34. The molecule has 3 heteroatoms. The van der Waals surface area contributed by atoms with E-state index in [9.17, 15) is 0 Å². The van der Waals surface area contributed by atoms with Crippen molar-refractivity contribution in [3.05, 3.63) is 0 Å². The molecule has 0 aromatic rings. The summed E-state index contributed by atoms with van der Waals surface area (Å²) in [5.74, 6) is 0. The van der Waals surface area contributed by atoms with Gasteiger partial charge in [0, 0.05) is 0 Å². The Labute approximate surface area is 76.0 Å². The molecule has 11 heavy (non-hydrogen) atoms. The van der Waals surface area contributed by atoms with Gasteiger partial charge in [0.1, 0.15) is 0 Å². The van der Waals surface area contributed by atoms with Gasteiger partial charge in [0.25, 0.3) is 0 Å². The van der Waals surface area contributed by atoms with Gasteiger partial charge >= 0.3 is 0 Å². The molecule has 0 aliphatic heterocycles. The smallest absolute Gasteiger partial charge is 0.0563 e. The van der Waals surface area contributed by atoms with Crippen LogP contribution >= 0.6 is 12.4 Å². The van der Waals surface area contributed by atoms with Crippen LogP contribution in [0.5, 0.6) is 0 Å². The minimum absolute atomic E-state index is 0. The van der Waals surface area contributed by atoms with Crippen LogP contribution in [0.1, 0.15) is 41.5 Å². The van der Waals surface area contributed by atoms with Gasteiger partial charge in [0.05, 0.1) is 11.2 Å². The van der Waals surface area contributed by atoms with Gasteiger partial charge in [-0.2, -0.15) is 0 Å². The number of hydrogen-bond acceptors (Lipinski definition) is 2. The average Bonchev–Trinajstić information content (AvgIpc) is 1.12. The Balaban J connectivity index is -0.000000107. The molecule has 0 radical (unpaired) electrons. The van der Waals surface area contributed by atoms with E-state index < -0.39 is 11.2 Å². The van der Waals surface area contributed by atoms with Crippen molar-refractivity contribution in [3.63, 3.8) is 0 Å². The molecule has 0 atom stereocenters. The molecule has 0 aromatic heterocycles. The van der Waals surface area contributed by atoms with E-state index in [0.717, 1.165) is 0 Å². The first kappa shape index (κ1) is 17.3. The Morgan fingerprint density at radius 3 is 0.636 bits per heavy atom. The van der Waals surface area contributed by atoms with E-state index in [1.54, 1.807) is 41.5 Å². The molecule has 0 rings (SSSR count). The summed E-state index contributed by atoms with van der Waals surface area (Å²) >= 11 is 0. The van der Waals surface area contributed by atoms with Gasteiger partial charge in [-0.3, -0.25) is 0 Å². The minimum atomic E-state index is -0.500. The first-order valence-electron chi connectivity index (χ1n) is 3.45. The van der Waals surface area contributed by atoms with Gasteiger partial charge in [0.2, 0.25) is 0 Å². The van der Waals surface area contributed by atoms with Gasteiger partial charge < -0.3 is 10.2 Å². The molecule has 0 bridgehead atoms. The van der Waals surface area contributed by atoms with Gasteiger partial charge in [-0.1, -0.05) is 0 Å². The van der Waals surface area contributed by atoms with E-state index in [4.69, 9.17) is 10.2 Å². The van der Waals surface area contributed by atoms with Gasteiger partial charge in [0.15, 0.2) is 0 Å². The normalized spacial score (nSPS) is 10.9. The van der Waals surface area contributed by atoms with Crippen LogP contribution in [-0.4, -0.2) is 21.4 Å². The third-order valence-electron chi connectivity index (χ3n) is 0. The summed E-state index contributed by atoms with van der Waals surface area (Å²) in [4.78, 5) is 0. The fraction of sp³-hybridized carbons (Fsp3) is 1.00. The lowest BCUT2D eigenvalue weighted by molar-refractivity contribution is 0.101. The molecular weight excluding hydrogens is 164 g/mol. The van der Waals surface area contributed by atoms with Crippen molar-refractivity contribution in [2.45, 2.75) is 52.7 Å². The number of rotatable bonds is 0. The number of hydrogen-bond donors (Lipinski definition) is 2. The summed E-state index contributed by atoms with van der Waals surface area (Å²) in [6.45, 7) is 10.5. The zero-order chi connectivity index (χ0) is 9.00. The maximum atomic E-state index is 8.52. The van der Waals surface area contributed by atoms with E-state index in [0.29, 0.717) is 0 Å². The third-order valence-corrected chi connectivity index (χ3v) is 0. The average molecular weight is 185 g/mol. The third kappa shape index (κ3) is 15600. The quantitative estimate of drug-likeness (QED) is 0.605.